The van der Waals surface area contributed by atoms with Crippen LogP contribution in [0.5, 0.6) is 0 Å². The van der Waals surface area contributed by atoms with E-state index in [0.29, 0.717) is 6.42 Å². The normalized spacial score (nSPS) is 13.8. The van der Waals surface area contributed by atoms with E-state index in [9.17, 15) is 13.2 Å². The van der Waals surface area contributed by atoms with Crippen molar-refractivity contribution in [3.63, 3.8) is 0 Å². The average molecular weight is 507 g/mol. The molecule has 0 fully saturated rings. The number of halogens is 3. The van der Waals surface area contributed by atoms with Crippen LogP contribution in [-0.2, 0) is 9.84 Å². The number of hydrogen-bond acceptors (Lipinski definition) is 4. The maximum atomic E-state index is 12.3. The van der Waals surface area contributed by atoms with Crippen LogP contribution in [0.1, 0.15) is 30.1 Å². The molecule has 0 aliphatic rings. The van der Waals surface area contributed by atoms with Gasteiger partial charge in [0.25, 0.3) is 5.91 Å². The number of amides is 1. The monoisotopic (exact) mass is 504 g/mol. The van der Waals surface area contributed by atoms with Gasteiger partial charge in [0, 0.05) is 5.56 Å². The molecule has 0 aliphatic carbocycles. The summed E-state index contributed by atoms with van der Waals surface area (Å²) in [5.74, 6) is -0.405. The minimum atomic E-state index is -3.73. The Morgan fingerprint density at radius 2 is 2.00 bits per heavy atom. The zero-order chi connectivity index (χ0) is 16.3. The summed E-state index contributed by atoms with van der Waals surface area (Å²) in [6, 6.07) is 5.76. The van der Waals surface area contributed by atoms with E-state index in [-0.39, 0.29) is 10.5 Å². The number of rotatable bonds is 5. The third-order valence-electron chi connectivity index (χ3n) is 2.63. The molecule has 118 valence electrons. The van der Waals surface area contributed by atoms with Crippen molar-refractivity contribution in [2.75, 3.05) is 0 Å². The highest BCUT2D eigenvalue weighted by Crippen LogP contribution is 2.43. The zero-order valence-corrected chi connectivity index (χ0v) is 16.7. The largest absolute Gasteiger partial charge is 0.337 e. The number of nitrogens with two attached hydrogens (primary N) is 1. The topological polar surface area (TPSA) is 89.3 Å². The van der Waals surface area contributed by atoms with Gasteiger partial charge in [-0.25, -0.2) is 8.42 Å². The second-order valence-corrected chi connectivity index (χ2v) is 14.8. The lowest BCUT2D eigenvalue weighted by molar-refractivity contribution is 0.0936. The van der Waals surface area contributed by atoms with E-state index in [0.717, 1.165) is 6.42 Å². The Hall–Kier alpha value is 0.0400. The number of benzene rings is 1. The van der Waals surface area contributed by atoms with Gasteiger partial charge in [0.15, 0.2) is 0 Å². The Morgan fingerprint density at radius 3 is 2.52 bits per heavy atom. The van der Waals surface area contributed by atoms with Crippen molar-refractivity contribution in [3.05, 3.63) is 29.8 Å². The average Bonchev–Trinajstić information content (AvgIpc) is 2.37. The highest BCUT2D eigenvalue weighted by Gasteiger charge is 2.37. The summed E-state index contributed by atoms with van der Waals surface area (Å²) >= 11 is 8.95. The molecule has 1 rings (SSSR count). The van der Waals surface area contributed by atoms with Crippen LogP contribution >= 0.6 is 47.8 Å². The van der Waals surface area contributed by atoms with Gasteiger partial charge in [0.05, 0.1) is 11.1 Å². The Morgan fingerprint density at radius 1 is 1.38 bits per heavy atom. The summed E-state index contributed by atoms with van der Waals surface area (Å²) < 4.78 is 23.0. The Kier molecular flexibility index (Phi) is 6.85. The number of alkyl halides is 3. The summed E-state index contributed by atoms with van der Waals surface area (Å²) in [6.07, 6.45) is 1.04. The van der Waals surface area contributed by atoms with Crippen molar-refractivity contribution in [1.29, 1.82) is 0 Å². The van der Waals surface area contributed by atoms with Crippen molar-refractivity contribution >= 4 is 63.5 Å². The van der Waals surface area contributed by atoms with Crippen LogP contribution in [0.15, 0.2) is 29.2 Å². The van der Waals surface area contributed by atoms with Crippen molar-refractivity contribution < 1.29 is 13.2 Å². The number of carbonyl (C=O) groups excluding carboxylic acids is 1. The quantitative estimate of drug-likeness (QED) is 0.474. The van der Waals surface area contributed by atoms with Gasteiger partial charge in [-0.1, -0.05) is 19.4 Å². The van der Waals surface area contributed by atoms with E-state index in [4.69, 9.17) is 5.73 Å². The first-order valence-electron chi connectivity index (χ1n) is 6.07. The fraction of sp³-hybridized carbons (Fsp3) is 0.417. The highest BCUT2D eigenvalue weighted by molar-refractivity contribution is 9.42. The van der Waals surface area contributed by atoms with Gasteiger partial charge in [-0.05, 0) is 72.4 Å². The minimum Gasteiger partial charge on any atom is -0.337 e. The number of carbonyl (C=O) groups is 1. The van der Waals surface area contributed by atoms with E-state index in [2.05, 4.69) is 53.1 Å². The van der Waals surface area contributed by atoms with E-state index in [1.807, 2.05) is 6.92 Å². The zero-order valence-electron chi connectivity index (χ0n) is 11.1. The lowest BCUT2D eigenvalue weighted by atomic mass is 10.2. The third-order valence-corrected chi connectivity index (χ3v) is 7.95. The Labute approximate surface area is 149 Å². The molecule has 1 aromatic carbocycles. The van der Waals surface area contributed by atoms with Crippen LogP contribution in [0, 0.1) is 0 Å². The molecule has 0 saturated heterocycles. The SMILES string of the molecule is CCCC(N)NC(=O)c1cccc(S(=O)(=O)C(Br)(Br)Br)c1. The molecule has 0 heterocycles. The summed E-state index contributed by atoms with van der Waals surface area (Å²) in [5.41, 5.74) is 5.98. The Bertz CT molecular complexity index is 614. The van der Waals surface area contributed by atoms with Crippen LogP contribution < -0.4 is 11.1 Å². The van der Waals surface area contributed by atoms with Crippen molar-refractivity contribution in [2.45, 2.75) is 32.3 Å². The molecular formula is C12H15Br3N2O3S. The molecular weight excluding hydrogens is 492 g/mol. The van der Waals surface area contributed by atoms with Crippen LogP contribution in [-0.4, -0.2) is 22.0 Å². The molecule has 21 heavy (non-hydrogen) atoms. The molecule has 1 atom stereocenters. The molecule has 0 bridgehead atoms. The summed E-state index contributed by atoms with van der Waals surface area (Å²) in [5, 5.41) is 2.62. The van der Waals surface area contributed by atoms with E-state index >= 15 is 0 Å². The van der Waals surface area contributed by atoms with Crippen LogP contribution in [0.4, 0.5) is 0 Å². The van der Waals surface area contributed by atoms with Crippen molar-refractivity contribution in [3.8, 4) is 0 Å². The van der Waals surface area contributed by atoms with Gasteiger partial charge in [0.2, 0.25) is 11.3 Å². The Balaban J connectivity index is 3.04. The lowest BCUT2D eigenvalue weighted by Crippen LogP contribution is -2.41. The van der Waals surface area contributed by atoms with Gasteiger partial charge in [-0.3, -0.25) is 4.79 Å². The van der Waals surface area contributed by atoms with Gasteiger partial charge < -0.3 is 11.1 Å². The molecule has 0 aliphatic heterocycles. The van der Waals surface area contributed by atoms with Gasteiger partial charge >= 0.3 is 0 Å². The highest BCUT2D eigenvalue weighted by atomic mass is 80.0. The standard InChI is InChI=1S/C12H15Br3N2O3S/c1-2-4-10(16)17-11(18)8-5-3-6-9(7-8)21(19,20)12(13,14)15/h3,5-7,10H,2,4,16H2,1H3,(H,17,18). The fourth-order valence-corrected chi connectivity index (χ4v) is 4.06. The second kappa shape index (κ2) is 7.54. The summed E-state index contributed by atoms with van der Waals surface area (Å²) in [4.78, 5) is 12.0. The van der Waals surface area contributed by atoms with Gasteiger partial charge in [-0.2, -0.15) is 0 Å². The predicted molar refractivity (Wildman–Crippen MR) is 93.5 cm³/mol. The predicted octanol–water partition coefficient (Wildman–Crippen LogP) is 3.07. The maximum absolute atomic E-state index is 12.3. The fourth-order valence-electron chi connectivity index (χ4n) is 1.57. The molecule has 1 aromatic rings. The second-order valence-electron chi connectivity index (χ2n) is 4.35. The summed E-state index contributed by atoms with van der Waals surface area (Å²) in [6.45, 7) is 1.96. The molecule has 0 aromatic heterocycles. The van der Waals surface area contributed by atoms with E-state index < -0.39 is 23.4 Å². The first-order valence-corrected chi connectivity index (χ1v) is 9.93. The van der Waals surface area contributed by atoms with Crippen LogP contribution in [0.2, 0.25) is 0 Å². The third kappa shape index (κ3) is 5.02. The van der Waals surface area contributed by atoms with Gasteiger partial charge in [-0.15, -0.1) is 0 Å². The minimum absolute atomic E-state index is 0.00448. The first-order chi connectivity index (χ1) is 9.59. The lowest BCUT2D eigenvalue weighted by Gasteiger charge is -2.15. The molecule has 3 N–H and O–H groups in total. The molecule has 5 nitrogen and oxygen atoms in total. The molecule has 0 spiro atoms. The number of sulfone groups is 1. The number of nitrogens with one attached hydrogen (secondary N) is 1. The van der Waals surface area contributed by atoms with Crippen LogP contribution in [0.3, 0.4) is 0 Å². The van der Waals surface area contributed by atoms with Crippen molar-refractivity contribution in [2.24, 2.45) is 5.73 Å². The molecule has 1 unspecified atom stereocenters. The first kappa shape index (κ1) is 19.1. The molecule has 9 heteroatoms. The maximum Gasteiger partial charge on any atom is 0.252 e. The van der Waals surface area contributed by atoms with Gasteiger partial charge in [0.1, 0.15) is 0 Å². The van der Waals surface area contributed by atoms with E-state index in [1.165, 1.54) is 24.3 Å². The van der Waals surface area contributed by atoms with Crippen molar-refractivity contribution in [1.82, 2.24) is 5.32 Å². The smallest absolute Gasteiger partial charge is 0.252 e. The summed E-state index contributed by atoms with van der Waals surface area (Å²) in [7, 11) is -3.73. The molecule has 0 radical (unpaired) electrons. The number of hydrogen-bond donors (Lipinski definition) is 2. The molecule has 1 amide bonds. The van der Waals surface area contributed by atoms with E-state index in [1.54, 1.807) is 0 Å². The van der Waals surface area contributed by atoms with Crippen LogP contribution in [0.25, 0.3) is 0 Å². The molecule has 0 saturated carbocycles.